The van der Waals surface area contributed by atoms with Crippen LogP contribution in [0.3, 0.4) is 0 Å². The highest BCUT2D eigenvalue weighted by molar-refractivity contribution is 7.97. The zero-order valence-electron chi connectivity index (χ0n) is 33.4. The summed E-state index contributed by atoms with van der Waals surface area (Å²) in [6.45, 7) is 0. The predicted molar refractivity (Wildman–Crippen MR) is 251 cm³/mol. The van der Waals surface area contributed by atoms with Crippen LogP contribution in [-0.4, -0.2) is 35.0 Å². The maximum absolute atomic E-state index is 14.7. The standard InChI is InChI=1S/C54H44O4S2/c55-53(45-23-20-35-12-2-4-14-40(35)45)57-49-25-27-51(60-28-8-1-9-29-60)47-34-37(21-22-43(47)49)36-18-19-39-32-38-13-3-5-15-41(38)52(46(39)33-36)54(56)58-48-24-26-50(59-30-10-11-31-59)44-17-7-6-16-42(44)48/h2-7,12-19,21-27,32-34H,1,8-11,20,28-31H2/q+2. The molecule has 60 heavy (non-hydrogen) atoms. The highest BCUT2D eigenvalue weighted by atomic mass is 32.2. The number of rotatable bonds is 7. The number of ether oxygens (including phenoxy) is 2. The molecule has 4 nitrogen and oxygen atoms in total. The van der Waals surface area contributed by atoms with Crippen LogP contribution >= 0.6 is 0 Å². The molecule has 2 saturated heterocycles. The van der Waals surface area contributed by atoms with Gasteiger partial charge in [-0.1, -0.05) is 91.0 Å². The average molecular weight is 821 g/mol. The van der Waals surface area contributed by atoms with E-state index in [0.29, 0.717) is 22.6 Å². The molecular weight excluding hydrogens is 777 g/mol. The number of carbonyl (C=O) groups is 2. The molecule has 0 saturated carbocycles. The van der Waals surface area contributed by atoms with Crippen molar-refractivity contribution in [1.29, 1.82) is 0 Å². The molecule has 6 heteroatoms. The maximum atomic E-state index is 14.7. The van der Waals surface area contributed by atoms with Gasteiger partial charge in [-0.05, 0) is 137 Å². The van der Waals surface area contributed by atoms with Crippen molar-refractivity contribution in [3.63, 3.8) is 0 Å². The molecule has 3 aliphatic rings. The topological polar surface area (TPSA) is 52.6 Å². The molecule has 8 aromatic carbocycles. The fraction of sp³-hybridized carbons (Fsp3) is 0.185. The smallest absolute Gasteiger partial charge is 0.344 e. The second-order valence-corrected chi connectivity index (χ2v) is 20.7. The summed E-state index contributed by atoms with van der Waals surface area (Å²) < 4.78 is 12.7. The summed E-state index contributed by atoms with van der Waals surface area (Å²) in [5.74, 6) is 5.31. The van der Waals surface area contributed by atoms with Crippen LogP contribution in [-0.2, 0) is 33.0 Å². The first-order valence-electron chi connectivity index (χ1n) is 21.2. The van der Waals surface area contributed by atoms with E-state index in [4.69, 9.17) is 9.47 Å². The van der Waals surface area contributed by atoms with Gasteiger partial charge in [-0.2, -0.15) is 0 Å². The third kappa shape index (κ3) is 6.67. The van der Waals surface area contributed by atoms with E-state index in [1.54, 1.807) is 0 Å². The summed E-state index contributed by atoms with van der Waals surface area (Å²) >= 11 is 0. The molecule has 1 aliphatic carbocycles. The van der Waals surface area contributed by atoms with E-state index in [-0.39, 0.29) is 33.7 Å². The monoisotopic (exact) mass is 820 g/mol. The molecule has 2 aliphatic heterocycles. The van der Waals surface area contributed by atoms with Crippen LogP contribution in [0.4, 0.5) is 0 Å². The number of carbonyl (C=O) groups excluding carboxylic acids is 2. The van der Waals surface area contributed by atoms with Gasteiger partial charge >= 0.3 is 11.9 Å². The van der Waals surface area contributed by atoms with Crippen LogP contribution in [0.5, 0.6) is 11.5 Å². The molecule has 0 bridgehead atoms. The van der Waals surface area contributed by atoms with E-state index >= 15 is 0 Å². The first-order chi connectivity index (χ1) is 29.6. The van der Waals surface area contributed by atoms with Gasteiger partial charge in [-0.15, -0.1) is 0 Å². The maximum Gasteiger partial charge on any atom is 0.344 e. The number of hydrogen-bond acceptors (Lipinski definition) is 4. The summed E-state index contributed by atoms with van der Waals surface area (Å²) in [4.78, 5) is 31.1. The average Bonchev–Trinajstić information content (AvgIpc) is 4.00. The van der Waals surface area contributed by atoms with E-state index in [0.717, 1.165) is 66.4 Å². The lowest BCUT2D eigenvalue weighted by molar-refractivity contribution is -0.127. The molecule has 294 valence electrons. The summed E-state index contributed by atoms with van der Waals surface area (Å²) in [6, 6.07) is 48.0. The predicted octanol–water partition coefficient (Wildman–Crippen LogP) is 12.7. The Hall–Kier alpha value is -5.82. The van der Waals surface area contributed by atoms with Crippen LogP contribution in [0.1, 0.15) is 53.6 Å². The Kier molecular flexibility index (Phi) is 9.70. The Morgan fingerprint density at radius 1 is 0.450 bits per heavy atom. The van der Waals surface area contributed by atoms with Gasteiger partial charge in [0, 0.05) is 43.3 Å². The van der Waals surface area contributed by atoms with Gasteiger partial charge in [-0.25, -0.2) is 9.59 Å². The Labute approximate surface area is 355 Å². The minimum absolute atomic E-state index is 0.107. The van der Waals surface area contributed by atoms with Crippen molar-refractivity contribution >= 4 is 82.4 Å². The van der Waals surface area contributed by atoms with Crippen LogP contribution in [0.15, 0.2) is 155 Å². The fourth-order valence-corrected chi connectivity index (χ4v) is 14.6. The molecule has 0 aromatic heterocycles. The van der Waals surface area contributed by atoms with Gasteiger partial charge in [0.1, 0.15) is 34.5 Å². The van der Waals surface area contributed by atoms with E-state index in [2.05, 4.69) is 84.9 Å². The number of esters is 2. The van der Waals surface area contributed by atoms with E-state index in [9.17, 15) is 9.59 Å². The molecule has 0 radical (unpaired) electrons. The zero-order valence-corrected chi connectivity index (χ0v) is 35.0. The van der Waals surface area contributed by atoms with Crippen molar-refractivity contribution in [2.75, 3.05) is 23.0 Å². The number of fused-ring (bicyclic) bond motifs is 5. The normalized spacial score (nSPS) is 15.8. The minimum Gasteiger partial charge on any atom is -0.422 e. The third-order valence-electron chi connectivity index (χ3n) is 12.6. The molecule has 0 spiro atoms. The minimum atomic E-state index is -0.360. The first kappa shape index (κ1) is 37.2. The Morgan fingerprint density at radius 3 is 1.78 bits per heavy atom. The SMILES string of the molecule is O=C(Oc1ccc([S+]2CCCCC2)c2cc(-c3ccc4cc5ccccc5c(C(=O)Oc5ccc([S+]6CCCC6)c6ccccc56)c4c3)ccc12)C1=CCc2ccccc21. The van der Waals surface area contributed by atoms with Crippen molar-refractivity contribution in [3.05, 3.63) is 162 Å². The highest BCUT2D eigenvalue weighted by Crippen LogP contribution is 2.41. The van der Waals surface area contributed by atoms with E-state index < -0.39 is 0 Å². The van der Waals surface area contributed by atoms with Crippen molar-refractivity contribution in [2.24, 2.45) is 0 Å². The van der Waals surface area contributed by atoms with Crippen molar-refractivity contribution in [3.8, 4) is 22.6 Å². The molecule has 0 unspecified atom stereocenters. The van der Waals surface area contributed by atoms with Crippen molar-refractivity contribution in [1.82, 2.24) is 0 Å². The number of allylic oxidation sites excluding steroid dienone is 1. The molecular formula is C54H44O4S2+2. The molecule has 0 N–H and O–H groups in total. The quantitative estimate of drug-likeness (QED) is 0.0695. The van der Waals surface area contributed by atoms with Gasteiger partial charge in [0.05, 0.1) is 11.1 Å². The summed E-state index contributed by atoms with van der Waals surface area (Å²) in [5, 5.41) is 7.92. The lowest BCUT2D eigenvalue weighted by Gasteiger charge is -2.17. The molecule has 2 fully saturated rings. The van der Waals surface area contributed by atoms with Gasteiger partial charge in [0.15, 0.2) is 9.79 Å². The lowest BCUT2D eigenvalue weighted by atomic mass is 9.93. The molecule has 0 atom stereocenters. The summed E-state index contributed by atoms with van der Waals surface area (Å²) in [6.07, 6.45) is 9.00. The summed E-state index contributed by atoms with van der Waals surface area (Å²) in [7, 11) is 0.338. The first-order valence-corrected chi connectivity index (χ1v) is 24.3. The zero-order chi connectivity index (χ0) is 40.2. The van der Waals surface area contributed by atoms with Gasteiger partial charge in [0.25, 0.3) is 0 Å². The van der Waals surface area contributed by atoms with Crippen molar-refractivity contribution < 1.29 is 19.1 Å². The van der Waals surface area contributed by atoms with E-state index in [1.807, 2.05) is 60.7 Å². The Balaban J connectivity index is 0.999. The highest BCUT2D eigenvalue weighted by Gasteiger charge is 2.31. The largest absolute Gasteiger partial charge is 0.422 e. The lowest BCUT2D eigenvalue weighted by Crippen LogP contribution is -2.18. The van der Waals surface area contributed by atoms with Crippen LogP contribution in [0, 0.1) is 0 Å². The van der Waals surface area contributed by atoms with Gasteiger partial charge in [-0.3, -0.25) is 0 Å². The molecule has 11 rings (SSSR count). The summed E-state index contributed by atoms with van der Waals surface area (Å²) in [5.41, 5.74) is 5.35. The van der Waals surface area contributed by atoms with E-state index in [1.165, 1.54) is 70.3 Å². The van der Waals surface area contributed by atoms with Crippen LogP contribution in [0.2, 0.25) is 0 Å². The second kappa shape index (κ2) is 15.7. The van der Waals surface area contributed by atoms with Gasteiger partial charge < -0.3 is 9.47 Å². The molecule has 8 aromatic rings. The van der Waals surface area contributed by atoms with Crippen LogP contribution in [0.25, 0.3) is 59.8 Å². The number of hydrogen-bond donors (Lipinski definition) is 0. The fourth-order valence-electron chi connectivity index (χ4n) is 9.57. The number of benzene rings is 8. The van der Waals surface area contributed by atoms with Crippen molar-refractivity contribution in [2.45, 2.75) is 48.3 Å². The van der Waals surface area contributed by atoms with Gasteiger partial charge in [0.2, 0.25) is 0 Å². The molecule has 2 heterocycles. The third-order valence-corrected chi connectivity index (χ3v) is 17.7. The Morgan fingerprint density at radius 2 is 1.02 bits per heavy atom. The molecule has 0 amide bonds. The Bertz CT molecular complexity index is 3060. The second-order valence-electron chi connectivity index (χ2n) is 16.2. The van der Waals surface area contributed by atoms with Crippen LogP contribution < -0.4 is 9.47 Å².